The number of carboxylic acids is 1. The van der Waals surface area contributed by atoms with Crippen LogP contribution in [0.3, 0.4) is 0 Å². The number of fused-ring (bicyclic) bond motifs is 1. The topological polar surface area (TPSA) is 42.2 Å². The highest BCUT2D eigenvalue weighted by atomic mass is 19.4. The van der Waals surface area contributed by atoms with Crippen molar-refractivity contribution in [2.24, 2.45) is 0 Å². The van der Waals surface area contributed by atoms with E-state index in [0.29, 0.717) is 10.9 Å². The van der Waals surface area contributed by atoms with Gasteiger partial charge in [-0.3, -0.25) is 0 Å². The molecule has 0 bridgehead atoms. The average molecular weight is 307 g/mol. The van der Waals surface area contributed by atoms with E-state index in [1.54, 1.807) is 0 Å². The Morgan fingerprint density at radius 1 is 1.14 bits per heavy atom. The van der Waals surface area contributed by atoms with Gasteiger partial charge in [-0.2, -0.15) is 22.0 Å². The molecule has 1 aromatic heterocycles. The molecule has 0 aliphatic rings. The fraction of sp³-hybridized carbons (Fsp3) is 0.308. The minimum atomic E-state index is -5.60. The first-order chi connectivity index (χ1) is 9.62. The maximum atomic E-state index is 12.9. The van der Waals surface area contributed by atoms with Crippen molar-refractivity contribution >= 4 is 16.9 Å². The van der Waals surface area contributed by atoms with E-state index in [4.69, 9.17) is 5.11 Å². The standard InChI is InChI=1S/C13H10F5NO2/c14-12(15,13(16,17)18)4-6-19-5-3-8-1-2-9(11(20)21)7-10(8)19/h1-3,5,7H,4,6H2,(H,20,21). The minimum Gasteiger partial charge on any atom is -0.478 e. The van der Waals surface area contributed by atoms with Gasteiger partial charge >= 0.3 is 18.1 Å². The molecular weight excluding hydrogens is 297 g/mol. The van der Waals surface area contributed by atoms with Crippen molar-refractivity contribution in [2.45, 2.75) is 25.1 Å². The number of alkyl halides is 5. The third kappa shape index (κ3) is 2.98. The number of aromatic carboxylic acids is 1. The first-order valence-electron chi connectivity index (χ1n) is 5.88. The highest BCUT2D eigenvalue weighted by Gasteiger charge is 2.56. The summed E-state index contributed by atoms with van der Waals surface area (Å²) in [6.07, 6.45) is -5.65. The summed E-state index contributed by atoms with van der Waals surface area (Å²) in [5.41, 5.74) is 0.234. The molecule has 0 aliphatic heterocycles. The zero-order chi connectivity index (χ0) is 15.8. The van der Waals surface area contributed by atoms with Gasteiger partial charge in [0.05, 0.1) is 5.56 Å². The Balaban J connectivity index is 2.27. The van der Waals surface area contributed by atoms with E-state index in [-0.39, 0.29) is 5.56 Å². The molecule has 1 N–H and O–H groups in total. The molecule has 0 fully saturated rings. The van der Waals surface area contributed by atoms with Gasteiger partial charge < -0.3 is 9.67 Å². The average Bonchev–Trinajstić information content (AvgIpc) is 2.77. The molecule has 2 aromatic rings. The number of aryl methyl sites for hydroxylation is 1. The van der Waals surface area contributed by atoms with Crippen LogP contribution in [-0.4, -0.2) is 27.7 Å². The highest BCUT2D eigenvalue weighted by Crippen LogP contribution is 2.38. The molecule has 0 spiro atoms. The van der Waals surface area contributed by atoms with E-state index in [1.807, 2.05) is 0 Å². The largest absolute Gasteiger partial charge is 0.478 e. The molecule has 1 aromatic carbocycles. The summed E-state index contributed by atoms with van der Waals surface area (Å²) in [7, 11) is 0. The van der Waals surface area contributed by atoms with Gasteiger partial charge in [-0.1, -0.05) is 6.07 Å². The predicted molar refractivity (Wildman–Crippen MR) is 64.5 cm³/mol. The minimum absolute atomic E-state index is 0.0648. The first-order valence-corrected chi connectivity index (χ1v) is 5.88. The van der Waals surface area contributed by atoms with Crippen molar-refractivity contribution in [1.82, 2.24) is 4.57 Å². The first kappa shape index (κ1) is 15.3. The fourth-order valence-corrected chi connectivity index (χ4v) is 1.91. The Bertz CT molecular complexity index is 675. The maximum Gasteiger partial charge on any atom is 0.453 e. The van der Waals surface area contributed by atoms with Crippen LogP contribution >= 0.6 is 0 Å². The van der Waals surface area contributed by atoms with Crippen LogP contribution in [0.4, 0.5) is 22.0 Å². The lowest BCUT2D eigenvalue weighted by atomic mass is 10.1. The summed E-state index contributed by atoms with van der Waals surface area (Å²) in [4.78, 5) is 10.8. The third-order valence-electron chi connectivity index (χ3n) is 3.10. The number of aromatic nitrogens is 1. The molecule has 21 heavy (non-hydrogen) atoms. The molecule has 114 valence electrons. The van der Waals surface area contributed by atoms with Crippen molar-refractivity contribution < 1.29 is 31.9 Å². The quantitative estimate of drug-likeness (QED) is 0.870. The van der Waals surface area contributed by atoms with Gasteiger partial charge in [0.15, 0.2) is 0 Å². The number of rotatable bonds is 4. The zero-order valence-electron chi connectivity index (χ0n) is 10.5. The number of hydrogen-bond acceptors (Lipinski definition) is 1. The SMILES string of the molecule is O=C(O)c1ccc2ccn(CCC(F)(F)C(F)(F)F)c2c1. The third-order valence-corrected chi connectivity index (χ3v) is 3.10. The molecular formula is C13H10F5NO2. The van der Waals surface area contributed by atoms with Crippen LogP contribution < -0.4 is 0 Å². The lowest BCUT2D eigenvalue weighted by molar-refractivity contribution is -0.285. The molecule has 0 aliphatic carbocycles. The van der Waals surface area contributed by atoms with Gasteiger partial charge in [-0.25, -0.2) is 4.79 Å². The number of hydrogen-bond donors (Lipinski definition) is 1. The lowest BCUT2D eigenvalue weighted by Crippen LogP contribution is -2.37. The zero-order valence-corrected chi connectivity index (χ0v) is 10.5. The van der Waals surface area contributed by atoms with Crippen LogP contribution in [0.15, 0.2) is 30.5 Å². The second-order valence-electron chi connectivity index (χ2n) is 4.54. The Morgan fingerprint density at radius 2 is 1.81 bits per heavy atom. The van der Waals surface area contributed by atoms with Crippen molar-refractivity contribution in [3.8, 4) is 0 Å². The van der Waals surface area contributed by atoms with Gasteiger partial charge in [-0.05, 0) is 23.6 Å². The molecule has 0 radical (unpaired) electrons. The van der Waals surface area contributed by atoms with Gasteiger partial charge in [-0.15, -0.1) is 0 Å². The summed E-state index contributed by atoms with van der Waals surface area (Å²) < 4.78 is 63.3. The predicted octanol–water partition coefficient (Wildman–Crippen LogP) is 3.93. The monoisotopic (exact) mass is 307 g/mol. The molecule has 2 rings (SSSR count). The second kappa shape index (κ2) is 5.01. The van der Waals surface area contributed by atoms with Crippen molar-refractivity contribution in [3.63, 3.8) is 0 Å². The van der Waals surface area contributed by atoms with Crippen LogP contribution in [0.25, 0.3) is 10.9 Å². The summed E-state index contributed by atoms with van der Waals surface area (Å²) >= 11 is 0. The second-order valence-corrected chi connectivity index (χ2v) is 4.54. The number of halogens is 5. The van der Waals surface area contributed by atoms with E-state index in [9.17, 15) is 26.7 Å². The van der Waals surface area contributed by atoms with E-state index in [1.165, 1.54) is 35.0 Å². The molecule has 0 saturated heterocycles. The van der Waals surface area contributed by atoms with Crippen LogP contribution in [0.5, 0.6) is 0 Å². The number of carboxylic acid groups (broad SMARTS) is 1. The van der Waals surface area contributed by atoms with Gasteiger partial charge in [0.25, 0.3) is 0 Å². The van der Waals surface area contributed by atoms with E-state index < -0.39 is 31.0 Å². The normalized spacial score (nSPS) is 12.8. The fourth-order valence-electron chi connectivity index (χ4n) is 1.91. The highest BCUT2D eigenvalue weighted by molar-refractivity contribution is 5.93. The summed E-state index contributed by atoms with van der Waals surface area (Å²) in [6.45, 7) is -0.570. The van der Waals surface area contributed by atoms with Gasteiger partial charge in [0, 0.05) is 24.7 Å². The van der Waals surface area contributed by atoms with Crippen LogP contribution in [0.2, 0.25) is 0 Å². The summed E-state index contributed by atoms with van der Waals surface area (Å²) in [6, 6.07) is 5.56. The molecule has 8 heteroatoms. The smallest absolute Gasteiger partial charge is 0.453 e. The number of carbonyl (C=O) groups is 1. The Hall–Kier alpha value is -2.12. The molecule has 0 amide bonds. The maximum absolute atomic E-state index is 12.9. The van der Waals surface area contributed by atoms with Crippen LogP contribution in [0, 0.1) is 0 Å². The number of nitrogens with zero attached hydrogens (tertiary/aromatic N) is 1. The molecule has 0 atom stereocenters. The van der Waals surface area contributed by atoms with E-state index >= 15 is 0 Å². The van der Waals surface area contributed by atoms with E-state index in [2.05, 4.69) is 0 Å². The van der Waals surface area contributed by atoms with E-state index in [0.717, 1.165) is 0 Å². The Kier molecular flexibility index (Phi) is 3.65. The Labute approximate surface area is 115 Å². The van der Waals surface area contributed by atoms with Gasteiger partial charge in [0.1, 0.15) is 0 Å². The molecule has 0 unspecified atom stereocenters. The van der Waals surface area contributed by atoms with Crippen molar-refractivity contribution in [2.75, 3.05) is 0 Å². The number of benzene rings is 1. The van der Waals surface area contributed by atoms with Crippen LogP contribution in [-0.2, 0) is 6.54 Å². The molecule has 0 saturated carbocycles. The van der Waals surface area contributed by atoms with Crippen molar-refractivity contribution in [3.05, 3.63) is 36.0 Å². The van der Waals surface area contributed by atoms with Crippen LogP contribution in [0.1, 0.15) is 16.8 Å². The lowest BCUT2D eigenvalue weighted by Gasteiger charge is -2.19. The molecule has 3 nitrogen and oxygen atoms in total. The summed E-state index contributed by atoms with van der Waals surface area (Å²) in [5, 5.41) is 9.43. The molecule has 1 heterocycles. The Morgan fingerprint density at radius 3 is 2.38 bits per heavy atom. The summed E-state index contributed by atoms with van der Waals surface area (Å²) in [5.74, 6) is -5.99. The van der Waals surface area contributed by atoms with Crippen molar-refractivity contribution in [1.29, 1.82) is 0 Å². The van der Waals surface area contributed by atoms with Gasteiger partial charge in [0.2, 0.25) is 0 Å².